The number of nitrogens with one attached hydrogen (secondary N) is 1. The van der Waals surface area contributed by atoms with Crippen LogP contribution in [0.5, 0.6) is 17.2 Å². The van der Waals surface area contributed by atoms with Gasteiger partial charge in [-0.05, 0) is 55.8 Å². The first-order valence-corrected chi connectivity index (χ1v) is 10.5. The van der Waals surface area contributed by atoms with E-state index in [9.17, 15) is 4.79 Å². The molecule has 0 saturated heterocycles. The van der Waals surface area contributed by atoms with Crippen molar-refractivity contribution < 1.29 is 19.0 Å². The number of carbonyl (C=O) groups excluding carboxylic acids is 1. The van der Waals surface area contributed by atoms with Gasteiger partial charge in [0.05, 0.1) is 18.2 Å². The van der Waals surface area contributed by atoms with E-state index in [-0.39, 0.29) is 18.3 Å². The molecule has 0 aliphatic heterocycles. The molecule has 0 saturated carbocycles. The summed E-state index contributed by atoms with van der Waals surface area (Å²) in [5.41, 5.74) is 1.17. The number of carbonyl (C=O) groups is 1. The van der Waals surface area contributed by atoms with Gasteiger partial charge in [0.15, 0.2) is 18.2 Å². The lowest BCUT2D eigenvalue weighted by Crippen LogP contribution is -2.23. The van der Waals surface area contributed by atoms with E-state index in [0.29, 0.717) is 47.1 Å². The zero-order valence-electron chi connectivity index (χ0n) is 17.2. The zero-order chi connectivity index (χ0) is 22.2. The summed E-state index contributed by atoms with van der Waals surface area (Å²) in [5, 5.41) is 8.01. The highest BCUT2D eigenvalue weighted by molar-refractivity contribution is 6.35. The predicted molar refractivity (Wildman–Crippen MR) is 119 cm³/mol. The van der Waals surface area contributed by atoms with Gasteiger partial charge in [-0.2, -0.15) is 5.10 Å². The first-order valence-electron chi connectivity index (χ1n) is 9.78. The molecule has 0 aliphatic rings. The van der Waals surface area contributed by atoms with Crippen molar-refractivity contribution in [3.8, 4) is 17.2 Å². The second-order valence-corrected chi connectivity index (χ2v) is 7.26. The highest BCUT2D eigenvalue weighted by Crippen LogP contribution is 2.29. The molecule has 0 unspecified atom stereocenters. The Balaban J connectivity index is 1.56. The van der Waals surface area contributed by atoms with Gasteiger partial charge in [0.2, 0.25) is 0 Å². The molecule has 0 atom stereocenters. The summed E-state index contributed by atoms with van der Waals surface area (Å²) in [6.45, 7) is 5.33. The summed E-state index contributed by atoms with van der Waals surface area (Å²) in [6.07, 6.45) is 1.66. The van der Waals surface area contributed by atoms with Crippen molar-refractivity contribution in [2.24, 2.45) is 0 Å². The van der Waals surface area contributed by atoms with Gasteiger partial charge in [0.25, 0.3) is 5.91 Å². The van der Waals surface area contributed by atoms with Gasteiger partial charge in [0, 0.05) is 17.8 Å². The number of halogens is 2. The van der Waals surface area contributed by atoms with Crippen LogP contribution in [0, 0.1) is 0 Å². The molecule has 2 aromatic carbocycles. The highest BCUT2D eigenvalue weighted by Gasteiger charge is 2.12. The molecule has 164 valence electrons. The summed E-state index contributed by atoms with van der Waals surface area (Å²) < 4.78 is 18.3. The van der Waals surface area contributed by atoms with Crippen molar-refractivity contribution in [1.82, 2.24) is 15.1 Å². The van der Waals surface area contributed by atoms with Crippen LogP contribution in [0.25, 0.3) is 0 Å². The van der Waals surface area contributed by atoms with Crippen molar-refractivity contribution in [3.63, 3.8) is 0 Å². The van der Waals surface area contributed by atoms with E-state index in [1.54, 1.807) is 30.5 Å². The largest absolute Gasteiger partial charge is 0.490 e. The van der Waals surface area contributed by atoms with Crippen LogP contribution >= 0.6 is 23.2 Å². The quantitative estimate of drug-likeness (QED) is 0.460. The summed E-state index contributed by atoms with van der Waals surface area (Å²) in [6, 6.07) is 12.2. The zero-order valence-corrected chi connectivity index (χ0v) is 18.7. The van der Waals surface area contributed by atoms with E-state index in [2.05, 4.69) is 10.4 Å². The first-order chi connectivity index (χ1) is 15.0. The molecule has 31 heavy (non-hydrogen) atoms. The van der Waals surface area contributed by atoms with E-state index in [4.69, 9.17) is 37.4 Å². The monoisotopic (exact) mass is 463 g/mol. The van der Waals surface area contributed by atoms with Crippen LogP contribution < -0.4 is 19.5 Å². The molecule has 0 bridgehead atoms. The molecular formula is C22H23Cl2N3O4. The third-order valence-electron chi connectivity index (χ3n) is 4.18. The minimum Gasteiger partial charge on any atom is -0.490 e. The third kappa shape index (κ3) is 6.29. The lowest BCUT2D eigenvalue weighted by molar-refractivity contribution is 0.0943. The Bertz CT molecular complexity index is 1040. The Morgan fingerprint density at radius 3 is 2.45 bits per heavy atom. The molecule has 0 fully saturated rings. The maximum absolute atomic E-state index is 12.5. The van der Waals surface area contributed by atoms with Crippen LogP contribution in [0.1, 0.15) is 29.9 Å². The summed E-state index contributed by atoms with van der Waals surface area (Å²) in [7, 11) is 0. The van der Waals surface area contributed by atoms with Crippen LogP contribution in [0.2, 0.25) is 10.0 Å². The molecule has 1 heterocycles. The van der Waals surface area contributed by atoms with Crippen molar-refractivity contribution in [2.75, 3.05) is 13.2 Å². The SMILES string of the molecule is CCOc1ccc(CNC(=O)c2ccn(COc3ccc(Cl)cc3Cl)n2)cc1OCC. The van der Waals surface area contributed by atoms with Crippen molar-refractivity contribution in [1.29, 1.82) is 0 Å². The van der Waals surface area contributed by atoms with Gasteiger partial charge in [-0.3, -0.25) is 4.79 Å². The molecule has 7 nitrogen and oxygen atoms in total. The van der Waals surface area contributed by atoms with Crippen molar-refractivity contribution in [2.45, 2.75) is 27.1 Å². The summed E-state index contributed by atoms with van der Waals surface area (Å²) in [5.74, 6) is 1.51. The number of benzene rings is 2. The van der Waals surface area contributed by atoms with Crippen LogP contribution in [-0.4, -0.2) is 28.9 Å². The second kappa shape index (κ2) is 10.9. The van der Waals surface area contributed by atoms with Gasteiger partial charge >= 0.3 is 0 Å². The molecule has 0 aliphatic carbocycles. The molecule has 1 amide bonds. The van der Waals surface area contributed by atoms with Crippen LogP contribution in [0.15, 0.2) is 48.7 Å². The molecule has 0 radical (unpaired) electrons. The standard InChI is InChI=1S/C22H23Cl2N3O4/c1-3-29-20-7-5-15(11-21(20)30-4-2)13-25-22(28)18-9-10-27(26-18)14-31-19-8-6-16(23)12-17(19)24/h5-12H,3-4,13-14H2,1-2H3,(H,25,28). The van der Waals surface area contributed by atoms with E-state index in [1.165, 1.54) is 4.68 Å². The number of amides is 1. The smallest absolute Gasteiger partial charge is 0.272 e. The minimum atomic E-state index is -0.296. The normalized spacial score (nSPS) is 10.6. The Labute approximate surface area is 190 Å². The van der Waals surface area contributed by atoms with Gasteiger partial charge in [-0.1, -0.05) is 29.3 Å². The van der Waals surface area contributed by atoms with Gasteiger partial charge in [0.1, 0.15) is 11.4 Å². The lowest BCUT2D eigenvalue weighted by atomic mass is 10.2. The van der Waals surface area contributed by atoms with Gasteiger partial charge in [-0.25, -0.2) is 4.68 Å². The Morgan fingerprint density at radius 2 is 1.71 bits per heavy atom. The summed E-state index contributed by atoms with van der Waals surface area (Å²) in [4.78, 5) is 12.5. The predicted octanol–water partition coefficient (Wildman–Crippen LogP) is 4.95. The van der Waals surface area contributed by atoms with Crippen molar-refractivity contribution in [3.05, 3.63) is 70.0 Å². The highest BCUT2D eigenvalue weighted by atomic mass is 35.5. The number of aromatic nitrogens is 2. The fourth-order valence-corrected chi connectivity index (χ4v) is 3.22. The second-order valence-electron chi connectivity index (χ2n) is 6.42. The molecule has 3 rings (SSSR count). The number of hydrogen-bond donors (Lipinski definition) is 1. The molecular weight excluding hydrogens is 441 g/mol. The fraction of sp³-hybridized carbons (Fsp3) is 0.273. The minimum absolute atomic E-state index is 0.102. The van der Waals surface area contributed by atoms with Crippen molar-refractivity contribution >= 4 is 29.1 Å². The van der Waals surface area contributed by atoms with Crippen LogP contribution in [0.4, 0.5) is 0 Å². The number of hydrogen-bond acceptors (Lipinski definition) is 5. The maximum Gasteiger partial charge on any atom is 0.272 e. The molecule has 1 N–H and O–H groups in total. The fourth-order valence-electron chi connectivity index (χ4n) is 2.76. The Hall–Kier alpha value is -2.90. The molecule has 9 heteroatoms. The Morgan fingerprint density at radius 1 is 0.968 bits per heavy atom. The number of rotatable bonds is 10. The average Bonchev–Trinajstić information content (AvgIpc) is 3.22. The van der Waals surface area contributed by atoms with Gasteiger partial charge < -0.3 is 19.5 Å². The molecule has 0 spiro atoms. The topological polar surface area (TPSA) is 74.6 Å². The van der Waals surface area contributed by atoms with E-state index < -0.39 is 0 Å². The number of ether oxygens (including phenoxy) is 3. The van der Waals surface area contributed by atoms with E-state index in [1.807, 2.05) is 32.0 Å². The van der Waals surface area contributed by atoms with E-state index >= 15 is 0 Å². The Kier molecular flexibility index (Phi) is 8.03. The maximum atomic E-state index is 12.5. The average molecular weight is 464 g/mol. The molecule has 1 aromatic heterocycles. The molecule has 3 aromatic rings. The van der Waals surface area contributed by atoms with Gasteiger partial charge in [-0.15, -0.1) is 0 Å². The first kappa shape index (κ1) is 22.8. The summed E-state index contributed by atoms with van der Waals surface area (Å²) >= 11 is 12.0. The van der Waals surface area contributed by atoms with E-state index in [0.717, 1.165) is 5.56 Å². The van der Waals surface area contributed by atoms with Crippen LogP contribution in [-0.2, 0) is 13.3 Å². The number of nitrogens with zero attached hydrogens (tertiary/aromatic N) is 2. The third-order valence-corrected chi connectivity index (χ3v) is 4.71. The lowest BCUT2D eigenvalue weighted by Gasteiger charge is -2.12. The van der Waals surface area contributed by atoms with Crippen LogP contribution in [0.3, 0.4) is 0 Å².